The van der Waals surface area contributed by atoms with Crippen molar-refractivity contribution in [2.24, 2.45) is 0 Å². The van der Waals surface area contributed by atoms with Crippen molar-refractivity contribution in [1.29, 1.82) is 0 Å². The molecule has 0 fully saturated rings. The number of para-hydroxylation sites is 2. The number of hydrogen-bond acceptors (Lipinski definition) is 3. The lowest BCUT2D eigenvalue weighted by molar-refractivity contribution is 0.102. The highest BCUT2D eigenvalue weighted by Crippen LogP contribution is 2.28. The SMILES string of the molecule is CCOc1ccccc1Nc1ccc(NC(=O)c2ccc(F)c(F)c2)cc1. The maximum absolute atomic E-state index is 13.3. The number of nitrogens with one attached hydrogen (secondary N) is 2. The first-order valence-corrected chi connectivity index (χ1v) is 8.42. The molecule has 0 aliphatic heterocycles. The van der Waals surface area contributed by atoms with Crippen molar-refractivity contribution in [3.63, 3.8) is 0 Å². The quantitative estimate of drug-likeness (QED) is 0.616. The van der Waals surface area contributed by atoms with E-state index >= 15 is 0 Å². The summed E-state index contributed by atoms with van der Waals surface area (Å²) >= 11 is 0. The molecule has 4 nitrogen and oxygen atoms in total. The minimum absolute atomic E-state index is 0.0433. The van der Waals surface area contributed by atoms with E-state index < -0.39 is 17.5 Å². The van der Waals surface area contributed by atoms with Gasteiger partial charge in [0.15, 0.2) is 11.6 Å². The molecule has 0 aromatic heterocycles. The van der Waals surface area contributed by atoms with Crippen LogP contribution in [-0.2, 0) is 0 Å². The van der Waals surface area contributed by atoms with Crippen molar-refractivity contribution in [2.75, 3.05) is 17.2 Å². The zero-order valence-corrected chi connectivity index (χ0v) is 14.6. The van der Waals surface area contributed by atoms with Gasteiger partial charge in [-0.05, 0) is 61.5 Å². The van der Waals surface area contributed by atoms with Gasteiger partial charge in [-0.25, -0.2) is 8.78 Å². The lowest BCUT2D eigenvalue weighted by atomic mass is 10.2. The summed E-state index contributed by atoms with van der Waals surface area (Å²) in [7, 11) is 0. The van der Waals surface area contributed by atoms with Gasteiger partial charge >= 0.3 is 0 Å². The van der Waals surface area contributed by atoms with Crippen molar-refractivity contribution < 1.29 is 18.3 Å². The second kappa shape index (κ2) is 8.31. The molecule has 0 saturated carbocycles. The topological polar surface area (TPSA) is 50.4 Å². The molecule has 0 spiro atoms. The van der Waals surface area contributed by atoms with E-state index in [1.807, 2.05) is 31.2 Å². The number of hydrogen-bond donors (Lipinski definition) is 2. The van der Waals surface area contributed by atoms with E-state index in [9.17, 15) is 13.6 Å². The number of rotatable bonds is 6. The van der Waals surface area contributed by atoms with Gasteiger partial charge in [0.25, 0.3) is 5.91 Å². The Morgan fingerprint density at radius 3 is 2.33 bits per heavy atom. The molecule has 2 N–H and O–H groups in total. The molecule has 0 radical (unpaired) electrons. The minimum atomic E-state index is -1.06. The molecule has 0 aliphatic carbocycles. The molecule has 0 heterocycles. The van der Waals surface area contributed by atoms with E-state index in [0.29, 0.717) is 12.3 Å². The second-order valence-corrected chi connectivity index (χ2v) is 5.71. The Labute approximate surface area is 155 Å². The minimum Gasteiger partial charge on any atom is -0.492 e. The number of halogens is 2. The third-order valence-electron chi connectivity index (χ3n) is 3.79. The number of benzene rings is 3. The van der Waals surface area contributed by atoms with Crippen molar-refractivity contribution in [2.45, 2.75) is 6.92 Å². The molecular formula is C21H18F2N2O2. The molecule has 0 bridgehead atoms. The molecule has 3 aromatic carbocycles. The molecule has 3 rings (SSSR count). The highest BCUT2D eigenvalue weighted by Gasteiger charge is 2.10. The van der Waals surface area contributed by atoms with Crippen LogP contribution in [0, 0.1) is 11.6 Å². The second-order valence-electron chi connectivity index (χ2n) is 5.71. The number of anilines is 3. The largest absolute Gasteiger partial charge is 0.492 e. The highest BCUT2D eigenvalue weighted by atomic mass is 19.2. The first-order valence-electron chi connectivity index (χ1n) is 8.42. The van der Waals surface area contributed by atoms with Gasteiger partial charge in [0.2, 0.25) is 0 Å². The van der Waals surface area contributed by atoms with E-state index in [1.165, 1.54) is 6.07 Å². The summed E-state index contributed by atoms with van der Waals surface area (Å²) in [5, 5.41) is 5.90. The van der Waals surface area contributed by atoms with Crippen LogP contribution in [0.1, 0.15) is 17.3 Å². The third-order valence-corrected chi connectivity index (χ3v) is 3.79. The van der Waals surface area contributed by atoms with Crippen LogP contribution in [0.25, 0.3) is 0 Å². The standard InChI is InChI=1S/C21H18F2N2O2/c1-2-27-20-6-4-3-5-19(20)24-15-8-10-16(11-9-15)25-21(26)14-7-12-17(22)18(23)13-14/h3-13,24H,2H2,1H3,(H,25,26). The average Bonchev–Trinajstić information content (AvgIpc) is 2.67. The first-order chi connectivity index (χ1) is 13.1. The zero-order valence-electron chi connectivity index (χ0n) is 14.6. The van der Waals surface area contributed by atoms with Crippen LogP contribution < -0.4 is 15.4 Å². The van der Waals surface area contributed by atoms with Gasteiger partial charge in [0, 0.05) is 16.9 Å². The molecule has 6 heteroatoms. The number of carbonyl (C=O) groups excluding carboxylic acids is 1. The molecule has 0 atom stereocenters. The van der Waals surface area contributed by atoms with Gasteiger partial charge < -0.3 is 15.4 Å². The summed E-state index contributed by atoms with van der Waals surface area (Å²) in [6.45, 7) is 2.48. The zero-order chi connectivity index (χ0) is 19.2. The fourth-order valence-corrected chi connectivity index (χ4v) is 2.48. The van der Waals surface area contributed by atoms with Crippen molar-refractivity contribution >= 4 is 23.0 Å². The molecule has 3 aromatic rings. The van der Waals surface area contributed by atoms with E-state index in [1.54, 1.807) is 24.3 Å². The lowest BCUT2D eigenvalue weighted by Gasteiger charge is -2.13. The Balaban J connectivity index is 1.68. The van der Waals surface area contributed by atoms with Crippen LogP contribution in [0.5, 0.6) is 5.75 Å². The van der Waals surface area contributed by atoms with E-state index in [4.69, 9.17) is 4.74 Å². The fourth-order valence-electron chi connectivity index (χ4n) is 2.48. The van der Waals surface area contributed by atoms with Crippen molar-refractivity contribution in [3.05, 3.63) is 83.9 Å². The summed E-state index contributed by atoms with van der Waals surface area (Å²) in [5.41, 5.74) is 2.22. The van der Waals surface area contributed by atoms with E-state index in [2.05, 4.69) is 10.6 Å². The molecule has 0 saturated heterocycles. The number of carbonyl (C=O) groups is 1. The molecule has 1 amide bonds. The highest BCUT2D eigenvalue weighted by molar-refractivity contribution is 6.04. The van der Waals surface area contributed by atoms with Crippen LogP contribution >= 0.6 is 0 Å². The molecule has 138 valence electrons. The Morgan fingerprint density at radius 2 is 1.63 bits per heavy atom. The smallest absolute Gasteiger partial charge is 0.255 e. The number of ether oxygens (including phenoxy) is 1. The average molecular weight is 368 g/mol. The summed E-state index contributed by atoms with van der Waals surface area (Å²) in [6.07, 6.45) is 0. The molecule has 27 heavy (non-hydrogen) atoms. The summed E-state index contributed by atoms with van der Waals surface area (Å²) in [4.78, 5) is 12.1. The summed E-state index contributed by atoms with van der Waals surface area (Å²) in [6, 6.07) is 17.6. The van der Waals surface area contributed by atoms with E-state index in [-0.39, 0.29) is 5.56 Å². The van der Waals surface area contributed by atoms with Gasteiger partial charge in [-0.2, -0.15) is 0 Å². The molecular weight excluding hydrogens is 350 g/mol. The summed E-state index contributed by atoms with van der Waals surface area (Å²) < 4.78 is 31.8. The van der Waals surface area contributed by atoms with Gasteiger partial charge in [-0.1, -0.05) is 12.1 Å². The Bertz CT molecular complexity index is 943. The molecule has 0 unspecified atom stereocenters. The van der Waals surface area contributed by atoms with E-state index in [0.717, 1.165) is 29.3 Å². The monoisotopic (exact) mass is 368 g/mol. The normalized spacial score (nSPS) is 10.3. The Kier molecular flexibility index (Phi) is 5.66. The predicted molar refractivity (Wildman–Crippen MR) is 102 cm³/mol. The maximum Gasteiger partial charge on any atom is 0.255 e. The lowest BCUT2D eigenvalue weighted by Crippen LogP contribution is -2.12. The first kappa shape index (κ1) is 18.4. The van der Waals surface area contributed by atoms with Crippen molar-refractivity contribution in [1.82, 2.24) is 0 Å². The van der Waals surface area contributed by atoms with Crippen LogP contribution in [0.15, 0.2) is 66.7 Å². The maximum atomic E-state index is 13.3. The number of amides is 1. The van der Waals surface area contributed by atoms with Crippen LogP contribution in [-0.4, -0.2) is 12.5 Å². The Hall–Kier alpha value is -3.41. The van der Waals surface area contributed by atoms with Crippen LogP contribution in [0.2, 0.25) is 0 Å². The van der Waals surface area contributed by atoms with Crippen LogP contribution in [0.3, 0.4) is 0 Å². The Morgan fingerprint density at radius 1 is 0.926 bits per heavy atom. The summed E-state index contributed by atoms with van der Waals surface area (Å²) in [5.74, 6) is -1.82. The van der Waals surface area contributed by atoms with Gasteiger partial charge in [0.1, 0.15) is 5.75 Å². The predicted octanol–water partition coefficient (Wildman–Crippen LogP) is 5.36. The molecule has 0 aliphatic rings. The van der Waals surface area contributed by atoms with Gasteiger partial charge in [-0.15, -0.1) is 0 Å². The third kappa shape index (κ3) is 4.61. The van der Waals surface area contributed by atoms with Gasteiger partial charge in [0.05, 0.1) is 12.3 Å². The van der Waals surface area contributed by atoms with Crippen LogP contribution in [0.4, 0.5) is 25.8 Å². The van der Waals surface area contributed by atoms with Gasteiger partial charge in [-0.3, -0.25) is 4.79 Å². The fraction of sp³-hybridized carbons (Fsp3) is 0.0952. The van der Waals surface area contributed by atoms with Crippen molar-refractivity contribution in [3.8, 4) is 5.75 Å².